The number of carbonyl (C=O) groups is 1. The normalized spacial score (nSPS) is 12.3. The number of sulfonamides is 1. The summed E-state index contributed by atoms with van der Waals surface area (Å²) < 4.78 is 25.8. The van der Waals surface area contributed by atoms with Crippen LogP contribution in [0.3, 0.4) is 0 Å². The molecule has 0 aliphatic carbocycles. The lowest BCUT2D eigenvalue weighted by Gasteiger charge is -2.24. The Morgan fingerprint density at radius 2 is 2.05 bits per heavy atom. The second kappa shape index (κ2) is 5.68. The number of aryl methyl sites for hydroxylation is 1. The molecule has 0 radical (unpaired) electrons. The molecular weight excluding hydrogens is 274 g/mol. The second-order valence-corrected chi connectivity index (χ2v) is 6.07. The predicted molar refractivity (Wildman–Crippen MR) is 66.4 cm³/mol. The van der Waals surface area contributed by atoms with E-state index in [0.717, 1.165) is 4.31 Å². The van der Waals surface area contributed by atoms with Gasteiger partial charge in [-0.3, -0.25) is 5.10 Å². The minimum atomic E-state index is -4.07. The minimum absolute atomic E-state index is 0.120. The van der Waals surface area contributed by atoms with Crippen LogP contribution in [-0.4, -0.2) is 58.3 Å². The topological polar surface area (TPSA) is 124 Å². The summed E-state index contributed by atoms with van der Waals surface area (Å²) in [4.78, 5) is 11.1. The molecule has 108 valence electrons. The van der Waals surface area contributed by atoms with Crippen molar-refractivity contribution < 1.29 is 23.4 Å². The molecule has 0 spiro atoms. The molecule has 1 aromatic heterocycles. The van der Waals surface area contributed by atoms with E-state index in [1.807, 2.05) is 0 Å². The number of carboxylic acid groups (broad SMARTS) is 1. The summed E-state index contributed by atoms with van der Waals surface area (Å²) in [5, 5.41) is 23.4. The molecule has 8 nitrogen and oxygen atoms in total. The summed E-state index contributed by atoms with van der Waals surface area (Å²) in [5.41, 5.74) is -0.206. The van der Waals surface area contributed by atoms with Crippen molar-refractivity contribution in [3.8, 4) is 0 Å². The average Bonchev–Trinajstić information content (AvgIpc) is 2.67. The van der Waals surface area contributed by atoms with Gasteiger partial charge in [-0.2, -0.15) is 9.40 Å². The number of aliphatic hydroxyl groups is 1. The molecule has 0 bridgehead atoms. The first-order valence-corrected chi connectivity index (χ1v) is 7.08. The Bertz CT molecular complexity index is 564. The highest BCUT2D eigenvalue weighted by molar-refractivity contribution is 7.89. The van der Waals surface area contributed by atoms with Crippen LogP contribution in [0.25, 0.3) is 0 Å². The monoisotopic (exact) mass is 291 g/mol. The van der Waals surface area contributed by atoms with Crippen LogP contribution in [0.15, 0.2) is 5.03 Å². The largest absolute Gasteiger partial charge is 0.478 e. The van der Waals surface area contributed by atoms with Crippen molar-refractivity contribution in [2.75, 3.05) is 13.2 Å². The van der Waals surface area contributed by atoms with Gasteiger partial charge < -0.3 is 10.2 Å². The SMILES string of the molecule is Cc1[nH]nc(S(=O)(=O)N(CCO)C(C)C)c1C(=O)O. The molecule has 0 aliphatic heterocycles. The summed E-state index contributed by atoms with van der Waals surface area (Å²) >= 11 is 0. The van der Waals surface area contributed by atoms with Crippen LogP contribution in [0.2, 0.25) is 0 Å². The lowest BCUT2D eigenvalue weighted by Crippen LogP contribution is -2.39. The van der Waals surface area contributed by atoms with Crippen molar-refractivity contribution in [1.29, 1.82) is 0 Å². The lowest BCUT2D eigenvalue weighted by atomic mass is 10.3. The third kappa shape index (κ3) is 2.94. The first-order valence-electron chi connectivity index (χ1n) is 5.64. The van der Waals surface area contributed by atoms with Gasteiger partial charge in [0.15, 0.2) is 0 Å². The number of hydrogen-bond donors (Lipinski definition) is 3. The fourth-order valence-corrected chi connectivity index (χ4v) is 3.47. The summed E-state index contributed by atoms with van der Waals surface area (Å²) in [5.74, 6) is -1.36. The van der Waals surface area contributed by atoms with E-state index in [9.17, 15) is 13.2 Å². The molecule has 0 saturated carbocycles. The van der Waals surface area contributed by atoms with Crippen molar-refractivity contribution in [2.24, 2.45) is 0 Å². The van der Waals surface area contributed by atoms with Gasteiger partial charge in [0, 0.05) is 18.3 Å². The third-order valence-electron chi connectivity index (χ3n) is 2.58. The van der Waals surface area contributed by atoms with Gasteiger partial charge >= 0.3 is 5.97 Å². The van der Waals surface area contributed by atoms with E-state index in [1.165, 1.54) is 6.92 Å². The van der Waals surface area contributed by atoms with Crippen molar-refractivity contribution >= 4 is 16.0 Å². The number of aromatic nitrogens is 2. The van der Waals surface area contributed by atoms with E-state index in [0.29, 0.717) is 0 Å². The van der Waals surface area contributed by atoms with Gasteiger partial charge in [0.05, 0.1) is 6.61 Å². The van der Waals surface area contributed by atoms with E-state index in [2.05, 4.69) is 10.2 Å². The third-order valence-corrected chi connectivity index (χ3v) is 4.58. The summed E-state index contributed by atoms with van der Waals surface area (Å²) in [6.07, 6.45) is 0. The Balaban J connectivity index is 3.38. The summed E-state index contributed by atoms with van der Waals surface area (Å²) in [6.45, 7) is 4.22. The molecule has 0 aliphatic rings. The Morgan fingerprint density at radius 3 is 2.47 bits per heavy atom. The maximum atomic E-state index is 12.4. The number of rotatable bonds is 6. The van der Waals surface area contributed by atoms with Gasteiger partial charge in [-0.15, -0.1) is 0 Å². The van der Waals surface area contributed by atoms with E-state index in [1.54, 1.807) is 13.8 Å². The second-order valence-electron chi connectivity index (χ2n) is 4.27. The Morgan fingerprint density at radius 1 is 1.47 bits per heavy atom. The van der Waals surface area contributed by atoms with Crippen LogP contribution in [0, 0.1) is 6.92 Å². The molecule has 1 heterocycles. The molecule has 1 aromatic rings. The Kier molecular flexibility index (Phi) is 4.66. The molecule has 19 heavy (non-hydrogen) atoms. The lowest BCUT2D eigenvalue weighted by molar-refractivity contribution is 0.0691. The maximum Gasteiger partial charge on any atom is 0.340 e. The first-order chi connectivity index (χ1) is 8.73. The predicted octanol–water partition coefficient (Wildman–Crippen LogP) is -0.192. The van der Waals surface area contributed by atoms with E-state index in [4.69, 9.17) is 10.2 Å². The Hall–Kier alpha value is -1.45. The number of carboxylic acids is 1. The van der Waals surface area contributed by atoms with Crippen LogP contribution < -0.4 is 0 Å². The van der Waals surface area contributed by atoms with Gasteiger partial charge in [-0.05, 0) is 20.8 Å². The average molecular weight is 291 g/mol. The quantitative estimate of drug-likeness (QED) is 0.667. The smallest absolute Gasteiger partial charge is 0.340 e. The van der Waals surface area contributed by atoms with Crippen LogP contribution in [0.4, 0.5) is 0 Å². The van der Waals surface area contributed by atoms with Crippen molar-refractivity contribution in [3.63, 3.8) is 0 Å². The highest BCUT2D eigenvalue weighted by Gasteiger charge is 2.34. The van der Waals surface area contributed by atoms with Crippen LogP contribution in [0.5, 0.6) is 0 Å². The Labute approximate surface area is 111 Å². The molecule has 3 N–H and O–H groups in total. The number of aromatic amines is 1. The molecule has 0 unspecified atom stereocenters. The number of nitrogens with one attached hydrogen (secondary N) is 1. The number of aromatic carboxylic acids is 1. The van der Waals surface area contributed by atoms with Crippen LogP contribution in [0.1, 0.15) is 29.9 Å². The van der Waals surface area contributed by atoms with Gasteiger partial charge in [-0.1, -0.05) is 0 Å². The molecule has 9 heteroatoms. The zero-order valence-corrected chi connectivity index (χ0v) is 11.7. The van der Waals surface area contributed by atoms with E-state index in [-0.39, 0.29) is 24.4 Å². The maximum absolute atomic E-state index is 12.4. The number of aliphatic hydroxyl groups excluding tert-OH is 1. The molecule has 0 aromatic carbocycles. The van der Waals surface area contributed by atoms with Gasteiger partial charge in [0.25, 0.3) is 10.0 Å². The highest BCUT2D eigenvalue weighted by Crippen LogP contribution is 2.21. The minimum Gasteiger partial charge on any atom is -0.478 e. The van der Waals surface area contributed by atoms with Crippen molar-refractivity contribution in [2.45, 2.75) is 31.8 Å². The van der Waals surface area contributed by atoms with E-state index < -0.39 is 27.1 Å². The highest BCUT2D eigenvalue weighted by atomic mass is 32.2. The van der Waals surface area contributed by atoms with Gasteiger partial charge in [0.2, 0.25) is 5.03 Å². The van der Waals surface area contributed by atoms with E-state index >= 15 is 0 Å². The molecule has 0 fully saturated rings. The van der Waals surface area contributed by atoms with Crippen LogP contribution >= 0.6 is 0 Å². The fourth-order valence-electron chi connectivity index (χ4n) is 1.71. The number of H-pyrrole nitrogens is 1. The number of nitrogens with zero attached hydrogens (tertiary/aromatic N) is 2. The molecule has 1 rings (SSSR count). The molecule has 0 atom stereocenters. The van der Waals surface area contributed by atoms with Crippen LogP contribution in [-0.2, 0) is 10.0 Å². The van der Waals surface area contributed by atoms with Gasteiger partial charge in [-0.25, -0.2) is 13.2 Å². The zero-order chi connectivity index (χ0) is 14.8. The zero-order valence-electron chi connectivity index (χ0n) is 10.9. The van der Waals surface area contributed by atoms with Crippen molar-refractivity contribution in [1.82, 2.24) is 14.5 Å². The first kappa shape index (κ1) is 15.6. The molecule has 0 saturated heterocycles. The van der Waals surface area contributed by atoms with Gasteiger partial charge in [0.1, 0.15) is 5.56 Å². The van der Waals surface area contributed by atoms with Crippen molar-refractivity contribution in [3.05, 3.63) is 11.3 Å². The summed E-state index contributed by atoms with van der Waals surface area (Å²) in [7, 11) is -4.07. The fraction of sp³-hybridized carbons (Fsp3) is 0.600. The standard InChI is InChI=1S/C10H17N3O5S/c1-6(2)13(4-5-14)19(17,18)9-8(10(15)16)7(3)11-12-9/h6,14H,4-5H2,1-3H3,(H,11,12)(H,15,16). The number of hydrogen-bond acceptors (Lipinski definition) is 5. The molecular formula is C10H17N3O5S. The molecule has 0 amide bonds. The summed E-state index contributed by atoms with van der Waals surface area (Å²) in [6, 6.07) is -0.421.